The van der Waals surface area contributed by atoms with Gasteiger partial charge in [0, 0.05) is 28.2 Å². The molecular weight excluding hydrogens is 359 g/mol. The Morgan fingerprint density at radius 3 is 2.78 bits per heavy atom. The maximum atomic E-state index is 6.01. The lowest BCUT2D eigenvalue weighted by atomic mass is 10.1. The van der Waals surface area contributed by atoms with Gasteiger partial charge in [-0.05, 0) is 72.3 Å². The molecule has 18 heavy (non-hydrogen) atoms. The third-order valence-electron chi connectivity index (χ3n) is 3.38. The highest BCUT2D eigenvalue weighted by molar-refractivity contribution is 14.1. The summed E-state index contributed by atoms with van der Waals surface area (Å²) >= 11 is 8.38. The van der Waals surface area contributed by atoms with Crippen LogP contribution in [-0.2, 0) is 6.54 Å². The van der Waals surface area contributed by atoms with Gasteiger partial charge in [0.1, 0.15) is 0 Å². The number of hydrogen-bond acceptors (Lipinski definition) is 2. The van der Waals surface area contributed by atoms with E-state index in [-0.39, 0.29) is 0 Å². The summed E-state index contributed by atoms with van der Waals surface area (Å²) in [7, 11) is 0. The molecule has 0 aromatic heterocycles. The highest BCUT2D eigenvalue weighted by atomic mass is 127. The standard InChI is InChI=1S/C14H20ClIN2/c15-13-4-5-14(16)12(10-13)11-17-6-9-18-7-2-1-3-8-18/h4-5,10,17H,1-3,6-9,11H2. The van der Waals surface area contributed by atoms with Crippen molar-refractivity contribution in [1.29, 1.82) is 0 Å². The van der Waals surface area contributed by atoms with Crippen LogP contribution < -0.4 is 5.32 Å². The summed E-state index contributed by atoms with van der Waals surface area (Å²) in [6, 6.07) is 6.07. The van der Waals surface area contributed by atoms with Crippen molar-refractivity contribution in [3.8, 4) is 0 Å². The predicted octanol–water partition coefficient (Wildman–Crippen LogP) is 3.52. The van der Waals surface area contributed by atoms with Crippen LogP contribution in [0.25, 0.3) is 0 Å². The average Bonchev–Trinajstić information content (AvgIpc) is 2.40. The first-order valence-electron chi connectivity index (χ1n) is 6.63. The summed E-state index contributed by atoms with van der Waals surface area (Å²) in [5, 5.41) is 4.33. The number of halogens is 2. The second kappa shape index (κ2) is 7.68. The van der Waals surface area contributed by atoms with Crippen molar-refractivity contribution in [2.45, 2.75) is 25.8 Å². The SMILES string of the molecule is Clc1ccc(I)c(CNCCN2CCCCC2)c1. The zero-order chi connectivity index (χ0) is 12.8. The van der Waals surface area contributed by atoms with E-state index in [4.69, 9.17) is 11.6 Å². The van der Waals surface area contributed by atoms with Crippen LogP contribution in [0.2, 0.25) is 5.02 Å². The summed E-state index contributed by atoms with van der Waals surface area (Å²) < 4.78 is 1.28. The van der Waals surface area contributed by atoms with E-state index < -0.39 is 0 Å². The molecule has 0 bridgehead atoms. The first-order valence-corrected chi connectivity index (χ1v) is 8.08. The van der Waals surface area contributed by atoms with Gasteiger partial charge in [-0.15, -0.1) is 0 Å². The Morgan fingerprint density at radius 2 is 2.00 bits per heavy atom. The van der Waals surface area contributed by atoms with Crippen LogP contribution in [0.5, 0.6) is 0 Å². The molecule has 1 fully saturated rings. The van der Waals surface area contributed by atoms with Crippen LogP contribution in [0, 0.1) is 3.57 Å². The summed E-state index contributed by atoms with van der Waals surface area (Å²) in [6.07, 6.45) is 4.14. The van der Waals surface area contributed by atoms with Crippen LogP contribution in [0.15, 0.2) is 18.2 Å². The molecule has 1 saturated heterocycles. The molecule has 1 N–H and O–H groups in total. The summed E-state index contributed by atoms with van der Waals surface area (Å²) in [6.45, 7) is 5.68. The second-order valence-electron chi connectivity index (χ2n) is 4.81. The molecule has 1 aromatic rings. The Balaban J connectivity index is 1.69. The molecule has 1 aliphatic heterocycles. The van der Waals surface area contributed by atoms with E-state index in [0.717, 1.165) is 24.7 Å². The van der Waals surface area contributed by atoms with Crippen molar-refractivity contribution in [3.05, 3.63) is 32.4 Å². The maximum Gasteiger partial charge on any atom is 0.0409 e. The van der Waals surface area contributed by atoms with Gasteiger partial charge in [-0.2, -0.15) is 0 Å². The van der Waals surface area contributed by atoms with Gasteiger partial charge in [0.2, 0.25) is 0 Å². The van der Waals surface area contributed by atoms with Crippen LogP contribution in [0.1, 0.15) is 24.8 Å². The zero-order valence-electron chi connectivity index (χ0n) is 10.6. The van der Waals surface area contributed by atoms with E-state index in [0.29, 0.717) is 0 Å². The lowest BCUT2D eigenvalue weighted by molar-refractivity contribution is 0.229. The Labute approximate surface area is 128 Å². The van der Waals surface area contributed by atoms with Crippen molar-refractivity contribution >= 4 is 34.2 Å². The first-order chi connectivity index (χ1) is 8.75. The number of rotatable bonds is 5. The van der Waals surface area contributed by atoms with Crippen molar-refractivity contribution in [2.75, 3.05) is 26.2 Å². The zero-order valence-corrected chi connectivity index (χ0v) is 13.5. The molecule has 100 valence electrons. The number of nitrogens with one attached hydrogen (secondary N) is 1. The van der Waals surface area contributed by atoms with E-state index >= 15 is 0 Å². The fourth-order valence-corrected chi connectivity index (χ4v) is 3.04. The summed E-state index contributed by atoms with van der Waals surface area (Å²) in [5.41, 5.74) is 1.29. The van der Waals surface area contributed by atoms with E-state index in [1.54, 1.807) is 0 Å². The van der Waals surface area contributed by atoms with Crippen LogP contribution >= 0.6 is 34.2 Å². The van der Waals surface area contributed by atoms with Gasteiger partial charge in [0.15, 0.2) is 0 Å². The predicted molar refractivity (Wildman–Crippen MR) is 86.2 cm³/mol. The van der Waals surface area contributed by atoms with Crippen molar-refractivity contribution in [3.63, 3.8) is 0 Å². The molecule has 0 radical (unpaired) electrons. The Kier molecular flexibility index (Phi) is 6.21. The van der Waals surface area contributed by atoms with Gasteiger partial charge in [0.25, 0.3) is 0 Å². The Hall–Kier alpha value is 0.160. The second-order valence-corrected chi connectivity index (χ2v) is 6.41. The minimum atomic E-state index is 0.822. The minimum Gasteiger partial charge on any atom is -0.311 e. The first kappa shape index (κ1) is 14.6. The quantitative estimate of drug-likeness (QED) is 0.623. The van der Waals surface area contributed by atoms with Crippen molar-refractivity contribution in [1.82, 2.24) is 10.2 Å². The van der Waals surface area contributed by atoms with Gasteiger partial charge >= 0.3 is 0 Å². The number of piperidine rings is 1. The van der Waals surface area contributed by atoms with Gasteiger partial charge in [-0.3, -0.25) is 0 Å². The fourth-order valence-electron chi connectivity index (χ4n) is 2.32. The van der Waals surface area contributed by atoms with E-state index in [1.807, 2.05) is 6.07 Å². The van der Waals surface area contributed by atoms with Crippen molar-refractivity contribution < 1.29 is 0 Å². The number of hydrogen-bond donors (Lipinski definition) is 1. The smallest absolute Gasteiger partial charge is 0.0409 e. The van der Waals surface area contributed by atoms with Gasteiger partial charge in [-0.25, -0.2) is 0 Å². The highest BCUT2D eigenvalue weighted by Gasteiger charge is 2.08. The van der Waals surface area contributed by atoms with Crippen LogP contribution in [0.4, 0.5) is 0 Å². The number of benzene rings is 1. The molecule has 0 aliphatic carbocycles. The van der Waals surface area contributed by atoms with Gasteiger partial charge in [-0.1, -0.05) is 18.0 Å². The molecular formula is C14H20ClIN2. The lowest BCUT2D eigenvalue weighted by Crippen LogP contribution is -2.35. The minimum absolute atomic E-state index is 0.822. The van der Waals surface area contributed by atoms with Gasteiger partial charge in [0.05, 0.1) is 0 Å². The molecule has 1 aromatic carbocycles. The molecule has 2 nitrogen and oxygen atoms in total. The lowest BCUT2D eigenvalue weighted by Gasteiger charge is -2.26. The van der Waals surface area contributed by atoms with Gasteiger partial charge < -0.3 is 10.2 Å². The Morgan fingerprint density at radius 1 is 1.22 bits per heavy atom. The average molecular weight is 379 g/mol. The summed E-state index contributed by atoms with van der Waals surface area (Å²) in [5.74, 6) is 0. The largest absolute Gasteiger partial charge is 0.311 e. The fraction of sp³-hybridized carbons (Fsp3) is 0.571. The van der Waals surface area contributed by atoms with Crippen LogP contribution in [-0.4, -0.2) is 31.1 Å². The third kappa shape index (κ3) is 4.68. The van der Waals surface area contributed by atoms with E-state index in [9.17, 15) is 0 Å². The maximum absolute atomic E-state index is 6.01. The molecule has 1 heterocycles. The molecule has 0 spiro atoms. The topological polar surface area (TPSA) is 15.3 Å². The number of likely N-dealkylation sites (tertiary alicyclic amines) is 1. The Bertz CT molecular complexity index is 378. The number of nitrogens with zero attached hydrogens (tertiary/aromatic N) is 1. The third-order valence-corrected chi connectivity index (χ3v) is 4.66. The van der Waals surface area contributed by atoms with Crippen molar-refractivity contribution in [2.24, 2.45) is 0 Å². The van der Waals surface area contributed by atoms with E-state index in [2.05, 4.69) is 44.9 Å². The summed E-state index contributed by atoms with van der Waals surface area (Å²) in [4.78, 5) is 2.55. The normalized spacial score (nSPS) is 17.0. The molecule has 0 atom stereocenters. The van der Waals surface area contributed by atoms with Crippen LogP contribution in [0.3, 0.4) is 0 Å². The van der Waals surface area contributed by atoms with E-state index in [1.165, 1.54) is 41.5 Å². The highest BCUT2D eigenvalue weighted by Crippen LogP contribution is 2.17. The molecule has 1 aliphatic rings. The molecule has 4 heteroatoms. The molecule has 0 amide bonds. The molecule has 2 rings (SSSR count). The molecule has 0 unspecified atom stereocenters. The monoisotopic (exact) mass is 378 g/mol. The molecule has 0 saturated carbocycles.